The van der Waals surface area contributed by atoms with Gasteiger partial charge in [0.05, 0.1) is 22.1 Å². The molecule has 1 unspecified atom stereocenters. The highest BCUT2D eigenvalue weighted by Gasteiger charge is 2.31. The van der Waals surface area contributed by atoms with Gasteiger partial charge in [-0.05, 0) is 62.9 Å². The fraction of sp³-hybridized carbons (Fsp3) is 0.480. The zero-order valence-corrected chi connectivity index (χ0v) is 19.6. The van der Waals surface area contributed by atoms with Crippen LogP contribution in [0.5, 0.6) is 0 Å². The second kappa shape index (κ2) is 9.60. The first-order valence-electron chi connectivity index (χ1n) is 10.9. The minimum atomic E-state index is -0.358. The number of pyridine rings is 1. The normalized spacial score (nSPS) is 12.8. The Labute approximate surface area is 185 Å². The number of anilines is 1. The van der Waals surface area contributed by atoms with Crippen molar-refractivity contribution in [1.29, 1.82) is 0 Å². The number of benzene rings is 1. The van der Waals surface area contributed by atoms with Gasteiger partial charge in [-0.25, -0.2) is 4.98 Å². The molecule has 2 heterocycles. The Bertz CT molecular complexity index is 1030. The standard InChI is InChI=1S/C25H34N4O2/c1-18(13-16-31-6)12-15-29-22-11-10-20(28(5)19(2)30)17-21(22)27-24(29)25(3,4)23-9-7-8-14-26-23/h7-11,14,17-18H,12-13,15-16H2,1-6H3. The molecule has 0 spiro atoms. The SMILES string of the molecule is COCCC(C)CCn1c(C(C)(C)c2ccccn2)nc2cc(N(C)C(C)=O)ccc21. The van der Waals surface area contributed by atoms with Gasteiger partial charge < -0.3 is 14.2 Å². The lowest BCUT2D eigenvalue weighted by Gasteiger charge is -2.25. The predicted molar refractivity (Wildman–Crippen MR) is 125 cm³/mol. The number of ether oxygens (including phenoxy) is 1. The summed E-state index contributed by atoms with van der Waals surface area (Å²) in [4.78, 5) is 23.2. The lowest BCUT2D eigenvalue weighted by molar-refractivity contribution is -0.116. The third-order valence-corrected chi connectivity index (χ3v) is 6.12. The molecule has 1 atom stereocenters. The minimum Gasteiger partial charge on any atom is -0.385 e. The number of aromatic nitrogens is 3. The number of carbonyl (C=O) groups is 1. The zero-order chi connectivity index (χ0) is 22.6. The number of amides is 1. The molecule has 2 aromatic heterocycles. The zero-order valence-electron chi connectivity index (χ0n) is 19.6. The molecule has 0 saturated heterocycles. The first-order chi connectivity index (χ1) is 14.8. The van der Waals surface area contributed by atoms with E-state index in [2.05, 4.69) is 42.5 Å². The molecular weight excluding hydrogens is 388 g/mol. The Kier molecular flexibility index (Phi) is 7.11. The van der Waals surface area contributed by atoms with Crippen molar-refractivity contribution >= 4 is 22.6 Å². The summed E-state index contributed by atoms with van der Waals surface area (Å²) in [5.74, 6) is 1.54. The summed E-state index contributed by atoms with van der Waals surface area (Å²) in [5.41, 5.74) is 3.45. The minimum absolute atomic E-state index is 0.000195. The molecule has 0 saturated carbocycles. The molecule has 0 aliphatic heterocycles. The van der Waals surface area contributed by atoms with Crippen LogP contribution in [-0.4, -0.2) is 41.2 Å². The van der Waals surface area contributed by atoms with Crippen molar-refractivity contribution < 1.29 is 9.53 Å². The van der Waals surface area contributed by atoms with Crippen molar-refractivity contribution in [1.82, 2.24) is 14.5 Å². The number of imidazole rings is 1. The van der Waals surface area contributed by atoms with Crippen molar-refractivity contribution in [2.45, 2.75) is 52.5 Å². The molecule has 0 fully saturated rings. The largest absolute Gasteiger partial charge is 0.385 e. The molecule has 0 aliphatic rings. The molecule has 0 bridgehead atoms. The summed E-state index contributed by atoms with van der Waals surface area (Å²) in [6.45, 7) is 9.82. The van der Waals surface area contributed by atoms with Crippen LogP contribution < -0.4 is 4.90 Å². The monoisotopic (exact) mass is 422 g/mol. The van der Waals surface area contributed by atoms with Crippen LogP contribution in [0.4, 0.5) is 5.69 Å². The van der Waals surface area contributed by atoms with E-state index in [1.165, 1.54) is 0 Å². The predicted octanol–water partition coefficient (Wildman–Crippen LogP) is 4.80. The van der Waals surface area contributed by atoms with E-state index in [0.717, 1.165) is 54.2 Å². The van der Waals surface area contributed by atoms with Gasteiger partial charge in [0.2, 0.25) is 5.91 Å². The van der Waals surface area contributed by atoms with E-state index in [1.807, 2.05) is 30.5 Å². The van der Waals surface area contributed by atoms with Gasteiger partial charge in [-0.1, -0.05) is 13.0 Å². The van der Waals surface area contributed by atoms with Crippen LogP contribution in [0.25, 0.3) is 11.0 Å². The summed E-state index contributed by atoms with van der Waals surface area (Å²) >= 11 is 0. The molecular formula is C25H34N4O2. The van der Waals surface area contributed by atoms with E-state index >= 15 is 0 Å². The molecule has 31 heavy (non-hydrogen) atoms. The lowest BCUT2D eigenvalue weighted by atomic mass is 9.87. The Morgan fingerprint density at radius 1 is 1.23 bits per heavy atom. The number of rotatable bonds is 9. The maximum Gasteiger partial charge on any atom is 0.223 e. The summed E-state index contributed by atoms with van der Waals surface area (Å²) in [7, 11) is 3.54. The van der Waals surface area contributed by atoms with Crippen molar-refractivity contribution in [2.24, 2.45) is 5.92 Å². The Hall–Kier alpha value is -2.73. The lowest BCUT2D eigenvalue weighted by Crippen LogP contribution is -2.26. The van der Waals surface area contributed by atoms with Gasteiger partial charge in [0.15, 0.2) is 0 Å². The molecule has 6 nitrogen and oxygen atoms in total. The van der Waals surface area contributed by atoms with Gasteiger partial charge in [0.25, 0.3) is 0 Å². The number of aryl methyl sites for hydroxylation is 1. The molecule has 3 rings (SSSR count). The molecule has 1 aromatic carbocycles. The average Bonchev–Trinajstić information content (AvgIpc) is 3.14. The second-order valence-corrected chi connectivity index (χ2v) is 8.85. The Morgan fingerprint density at radius 2 is 2.00 bits per heavy atom. The van der Waals surface area contributed by atoms with Gasteiger partial charge in [-0.3, -0.25) is 9.78 Å². The third-order valence-electron chi connectivity index (χ3n) is 6.12. The third kappa shape index (κ3) is 4.96. The van der Waals surface area contributed by atoms with Crippen LogP contribution in [0.1, 0.15) is 52.1 Å². The first-order valence-corrected chi connectivity index (χ1v) is 10.9. The maximum absolute atomic E-state index is 11.8. The number of fused-ring (bicyclic) bond motifs is 1. The Balaban J connectivity index is 2.06. The number of hydrogen-bond donors (Lipinski definition) is 0. The van der Waals surface area contributed by atoms with Crippen LogP contribution in [0, 0.1) is 5.92 Å². The highest BCUT2D eigenvalue weighted by Crippen LogP contribution is 2.33. The van der Waals surface area contributed by atoms with Crippen LogP contribution in [0.15, 0.2) is 42.6 Å². The second-order valence-electron chi connectivity index (χ2n) is 8.85. The smallest absolute Gasteiger partial charge is 0.223 e. The van der Waals surface area contributed by atoms with Gasteiger partial charge in [-0.15, -0.1) is 0 Å². The van der Waals surface area contributed by atoms with Gasteiger partial charge in [0.1, 0.15) is 5.82 Å². The number of hydrogen-bond acceptors (Lipinski definition) is 4. The van der Waals surface area contributed by atoms with Crippen molar-refractivity contribution in [2.75, 3.05) is 25.7 Å². The van der Waals surface area contributed by atoms with Gasteiger partial charge in [0, 0.05) is 46.1 Å². The van der Waals surface area contributed by atoms with E-state index in [4.69, 9.17) is 9.72 Å². The molecule has 0 radical (unpaired) electrons. The fourth-order valence-electron chi connectivity index (χ4n) is 3.87. The van der Waals surface area contributed by atoms with Crippen molar-refractivity contribution in [3.63, 3.8) is 0 Å². The number of carbonyl (C=O) groups excluding carboxylic acids is 1. The van der Waals surface area contributed by atoms with E-state index in [0.29, 0.717) is 5.92 Å². The summed E-state index contributed by atoms with van der Waals surface area (Å²) in [6, 6.07) is 12.1. The highest BCUT2D eigenvalue weighted by atomic mass is 16.5. The molecule has 166 valence electrons. The molecule has 6 heteroatoms. The van der Waals surface area contributed by atoms with E-state index in [-0.39, 0.29) is 11.3 Å². The average molecular weight is 423 g/mol. The molecule has 3 aromatic rings. The van der Waals surface area contributed by atoms with Crippen LogP contribution in [0.3, 0.4) is 0 Å². The topological polar surface area (TPSA) is 60.2 Å². The summed E-state index contributed by atoms with van der Waals surface area (Å²) in [6.07, 6.45) is 3.90. The fourth-order valence-corrected chi connectivity index (χ4v) is 3.87. The molecule has 1 amide bonds. The van der Waals surface area contributed by atoms with Gasteiger partial charge in [-0.2, -0.15) is 0 Å². The van der Waals surface area contributed by atoms with E-state index < -0.39 is 0 Å². The summed E-state index contributed by atoms with van der Waals surface area (Å²) < 4.78 is 7.58. The van der Waals surface area contributed by atoms with Crippen molar-refractivity contribution in [3.05, 3.63) is 54.1 Å². The van der Waals surface area contributed by atoms with Gasteiger partial charge >= 0.3 is 0 Å². The van der Waals surface area contributed by atoms with E-state index in [9.17, 15) is 4.79 Å². The first kappa shape index (κ1) is 22.9. The molecule has 0 aliphatic carbocycles. The number of nitrogens with zero attached hydrogens (tertiary/aromatic N) is 4. The van der Waals surface area contributed by atoms with E-state index in [1.54, 1.807) is 26.0 Å². The number of methoxy groups -OCH3 is 1. The van der Waals surface area contributed by atoms with Crippen LogP contribution >= 0.6 is 0 Å². The highest BCUT2D eigenvalue weighted by molar-refractivity contribution is 5.93. The van der Waals surface area contributed by atoms with Crippen LogP contribution in [-0.2, 0) is 21.5 Å². The quantitative estimate of drug-likeness (QED) is 0.497. The Morgan fingerprint density at radius 3 is 2.65 bits per heavy atom. The maximum atomic E-state index is 11.8. The summed E-state index contributed by atoms with van der Waals surface area (Å²) in [5, 5.41) is 0. The van der Waals surface area contributed by atoms with Crippen molar-refractivity contribution in [3.8, 4) is 0 Å². The molecule has 0 N–H and O–H groups in total. The van der Waals surface area contributed by atoms with Crippen LogP contribution in [0.2, 0.25) is 0 Å².